The molecule has 0 aromatic rings. The number of carbonyl (C=O) groups excluding carboxylic acids is 3. The van der Waals surface area contributed by atoms with Crippen LogP contribution in [0.3, 0.4) is 0 Å². The summed E-state index contributed by atoms with van der Waals surface area (Å²) in [6.07, 6.45) is 60.6. The number of hydrogen-bond acceptors (Lipinski definition) is 6. The van der Waals surface area contributed by atoms with Crippen LogP contribution >= 0.6 is 0 Å². The van der Waals surface area contributed by atoms with Crippen molar-refractivity contribution < 1.29 is 28.6 Å². The molecule has 0 aromatic carbocycles. The third-order valence-corrected chi connectivity index (χ3v) is 9.91. The highest BCUT2D eigenvalue weighted by Gasteiger charge is 2.19. The molecule has 0 aliphatic carbocycles. The van der Waals surface area contributed by atoms with Gasteiger partial charge in [0.1, 0.15) is 13.2 Å². The highest BCUT2D eigenvalue weighted by atomic mass is 16.6. The summed E-state index contributed by atoms with van der Waals surface area (Å²) < 4.78 is 16.5. The smallest absolute Gasteiger partial charge is 0.306 e. The molecule has 336 valence electrons. The van der Waals surface area contributed by atoms with E-state index in [0.717, 1.165) is 116 Å². The van der Waals surface area contributed by atoms with Gasteiger partial charge in [0.15, 0.2) is 6.10 Å². The molecule has 0 spiro atoms. The normalized spacial score (nSPS) is 12.8. The van der Waals surface area contributed by atoms with Gasteiger partial charge in [-0.15, -0.1) is 0 Å². The van der Waals surface area contributed by atoms with Crippen molar-refractivity contribution in [3.63, 3.8) is 0 Å². The SMILES string of the molecule is CC/C=C\C/C=C\C/C=C\C/C=C\C/C=C\C/C=C\C/C=C\CCCCCCCCCC(=O)OCC(COC(=O)CCCCCCC)OC(=O)CCCCCCCCC. The Morgan fingerprint density at radius 3 is 1.03 bits per heavy atom. The van der Waals surface area contributed by atoms with E-state index in [4.69, 9.17) is 14.2 Å². The Labute approximate surface area is 363 Å². The lowest BCUT2D eigenvalue weighted by molar-refractivity contribution is -0.167. The van der Waals surface area contributed by atoms with Crippen LogP contribution in [-0.4, -0.2) is 37.2 Å². The molecule has 6 nitrogen and oxygen atoms in total. The van der Waals surface area contributed by atoms with E-state index in [9.17, 15) is 14.4 Å². The zero-order valence-electron chi connectivity index (χ0n) is 38.2. The molecule has 0 amide bonds. The van der Waals surface area contributed by atoms with Crippen molar-refractivity contribution in [2.75, 3.05) is 13.2 Å². The van der Waals surface area contributed by atoms with E-state index in [0.29, 0.717) is 19.3 Å². The summed E-state index contributed by atoms with van der Waals surface area (Å²) in [5, 5.41) is 0. The van der Waals surface area contributed by atoms with Crippen LogP contribution < -0.4 is 0 Å². The molecule has 0 radical (unpaired) electrons. The maximum absolute atomic E-state index is 12.5. The molecule has 0 N–H and O–H groups in total. The van der Waals surface area contributed by atoms with Crippen molar-refractivity contribution in [2.45, 2.75) is 219 Å². The van der Waals surface area contributed by atoms with Crippen LogP contribution in [0.4, 0.5) is 0 Å². The van der Waals surface area contributed by atoms with E-state index >= 15 is 0 Å². The average molecular weight is 821 g/mol. The van der Waals surface area contributed by atoms with E-state index < -0.39 is 6.10 Å². The minimum Gasteiger partial charge on any atom is -0.462 e. The molecule has 0 heterocycles. The quantitative estimate of drug-likeness (QED) is 0.0264. The van der Waals surface area contributed by atoms with E-state index in [1.165, 1.54) is 57.8 Å². The molecule has 0 aliphatic rings. The Hall–Kier alpha value is -3.41. The molecule has 0 rings (SSSR count). The van der Waals surface area contributed by atoms with Crippen molar-refractivity contribution in [2.24, 2.45) is 0 Å². The van der Waals surface area contributed by atoms with Gasteiger partial charge in [-0.2, -0.15) is 0 Å². The van der Waals surface area contributed by atoms with E-state index in [2.05, 4.69) is 106 Å². The minimum absolute atomic E-state index is 0.0803. The van der Waals surface area contributed by atoms with Crippen LogP contribution in [0.1, 0.15) is 213 Å². The molecule has 0 fully saturated rings. The maximum atomic E-state index is 12.5. The Morgan fingerprint density at radius 2 is 0.661 bits per heavy atom. The van der Waals surface area contributed by atoms with Gasteiger partial charge in [0, 0.05) is 19.3 Å². The second-order valence-electron chi connectivity index (χ2n) is 15.6. The molecule has 6 heteroatoms. The molecule has 1 atom stereocenters. The van der Waals surface area contributed by atoms with Gasteiger partial charge in [0.25, 0.3) is 0 Å². The average Bonchev–Trinajstić information content (AvgIpc) is 3.23. The molecular formula is C53H88O6. The largest absolute Gasteiger partial charge is 0.462 e. The van der Waals surface area contributed by atoms with Crippen molar-refractivity contribution in [3.05, 3.63) is 85.1 Å². The van der Waals surface area contributed by atoms with Crippen LogP contribution in [0.15, 0.2) is 85.1 Å². The maximum Gasteiger partial charge on any atom is 0.306 e. The second kappa shape index (κ2) is 47.3. The topological polar surface area (TPSA) is 78.9 Å². The predicted molar refractivity (Wildman–Crippen MR) is 251 cm³/mol. The fourth-order valence-corrected chi connectivity index (χ4v) is 6.30. The second-order valence-corrected chi connectivity index (χ2v) is 15.6. The summed E-state index contributed by atoms with van der Waals surface area (Å²) in [5.41, 5.74) is 0. The third kappa shape index (κ3) is 45.5. The monoisotopic (exact) mass is 821 g/mol. The van der Waals surface area contributed by atoms with Crippen LogP contribution in [-0.2, 0) is 28.6 Å². The summed E-state index contributed by atoms with van der Waals surface area (Å²) in [6.45, 7) is 6.36. The van der Waals surface area contributed by atoms with Crippen molar-refractivity contribution >= 4 is 17.9 Å². The van der Waals surface area contributed by atoms with Gasteiger partial charge >= 0.3 is 17.9 Å². The number of carbonyl (C=O) groups is 3. The Bertz CT molecular complexity index is 1170. The minimum atomic E-state index is -0.772. The summed E-state index contributed by atoms with van der Waals surface area (Å²) in [6, 6.07) is 0. The molecule has 59 heavy (non-hydrogen) atoms. The molecule has 0 bridgehead atoms. The first-order valence-electron chi connectivity index (χ1n) is 24.1. The van der Waals surface area contributed by atoms with Crippen LogP contribution in [0.25, 0.3) is 0 Å². The fourth-order valence-electron chi connectivity index (χ4n) is 6.30. The Morgan fingerprint density at radius 1 is 0.356 bits per heavy atom. The molecule has 0 aromatic heterocycles. The van der Waals surface area contributed by atoms with E-state index in [1.807, 2.05) is 0 Å². The first-order valence-corrected chi connectivity index (χ1v) is 24.1. The number of ether oxygens (including phenoxy) is 3. The van der Waals surface area contributed by atoms with Gasteiger partial charge in [0.2, 0.25) is 0 Å². The lowest BCUT2D eigenvalue weighted by Gasteiger charge is -2.18. The van der Waals surface area contributed by atoms with Crippen molar-refractivity contribution in [3.8, 4) is 0 Å². The molecular weight excluding hydrogens is 733 g/mol. The molecule has 0 saturated heterocycles. The van der Waals surface area contributed by atoms with Crippen molar-refractivity contribution in [1.29, 1.82) is 0 Å². The highest BCUT2D eigenvalue weighted by Crippen LogP contribution is 2.13. The number of unbranched alkanes of at least 4 members (excludes halogenated alkanes) is 17. The van der Waals surface area contributed by atoms with Gasteiger partial charge in [0.05, 0.1) is 0 Å². The Balaban J connectivity index is 4.03. The molecule has 0 aliphatic heterocycles. The number of hydrogen-bond donors (Lipinski definition) is 0. The Kier molecular flexibility index (Phi) is 44.5. The first-order chi connectivity index (χ1) is 29.0. The summed E-state index contributed by atoms with van der Waals surface area (Å²) in [7, 11) is 0. The zero-order chi connectivity index (χ0) is 43.0. The molecule has 0 saturated carbocycles. The number of esters is 3. The van der Waals surface area contributed by atoms with Gasteiger partial charge < -0.3 is 14.2 Å². The van der Waals surface area contributed by atoms with Crippen LogP contribution in [0.2, 0.25) is 0 Å². The lowest BCUT2D eigenvalue weighted by atomic mass is 10.1. The summed E-state index contributed by atoms with van der Waals surface area (Å²) in [5.74, 6) is -0.919. The highest BCUT2D eigenvalue weighted by molar-refractivity contribution is 5.71. The third-order valence-electron chi connectivity index (χ3n) is 9.91. The van der Waals surface area contributed by atoms with Crippen molar-refractivity contribution in [1.82, 2.24) is 0 Å². The van der Waals surface area contributed by atoms with Gasteiger partial charge in [-0.1, -0.05) is 202 Å². The number of allylic oxidation sites excluding steroid dienone is 14. The summed E-state index contributed by atoms with van der Waals surface area (Å²) >= 11 is 0. The van der Waals surface area contributed by atoms with E-state index in [1.54, 1.807) is 0 Å². The van der Waals surface area contributed by atoms with Gasteiger partial charge in [-0.3, -0.25) is 14.4 Å². The van der Waals surface area contributed by atoms with Gasteiger partial charge in [-0.25, -0.2) is 0 Å². The van der Waals surface area contributed by atoms with Crippen LogP contribution in [0.5, 0.6) is 0 Å². The standard InChI is InChI=1S/C53H88O6/c1-4-7-10-13-15-16-17-18-19-20-21-22-23-24-25-26-27-28-29-30-31-32-33-34-35-36-38-40-43-46-52(55)58-49-50(48-57-51(54)45-42-39-12-9-6-3)59-53(56)47-44-41-37-14-11-8-5-2/h7,10,15-16,18-19,21-22,24-25,27-28,30-31,50H,4-6,8-9,11-14,17,20,23,26,29,32-49H2,1-3H3/b10-7-,16-15-,19-18-,22-21-,25-24-,28-27-,31-30-. The summed E-state index contributed by atoms with van der Waals surface area (Å²) in [4.78, 5) is 37.3. The zero-order valence-corrected chi connectivity index (χ0v) is 38.2. The van der Waals surface area contributed by atoms with E-state index in [-0.39, 0.29) is 31.1 Å². The first kappa shape index (κ1) is 55.6. The number of rotatable bonds is 42. The molecule has 1 unspecified atom stereocenters. The van der Waals surface area contributed by atoms with Crippen LogP contribution in [0, 0.1) is 0 Å². The lowest BCUT2D eigenvalue weighted by Crippen LogP contribution is -2.30. The fraction of sp³-hybridized carbons (Fsp3) is 0.679. The van der Waals surface area contributed by atoms with Gasteiger partial charge in [-0.05, 0) is 77.0 Å². The predicted octanol–water partition coefficient (Wildman–Crippen LogP) is 15.6.